The summed E-state index contributed by atoms with van der Waals surface area (Å²) in [5.41, 5.74) is 0.978. The van der Waals surface area contributed by atoms with Gasteiger partial charge in [-0.05, 0) is 38.1 Å². The molecule has 0 aliphatic carbocycles. The molecule has 1 aromatic heterocycles. The van der Waals surface area contributed by atoms with E-state index in [0.717, 1.165) is 0 Å². The molecule has 0 atom stereocenters. The number of hydrogen-bond acceptors (Lipinski definition) is 5. The molecule has 3 aromatic rings. The van der Waals surface area contributed by atoms with Crippen molar-refractivity contribution in [2.45, 2.75) is 19.9 Å². The van der Waals surface area contributed by atoms with Crippen LogP contribution in [0.25, 0.3) is 10.9 Å². The summed E-state index contributed by atoms with van der Waals surface area (Å²) in [5.74, 6) is -2.86. The van der Waals surface area contributed by atoms with E-state index in [2.05, 4.69) is 4.98 Å². The number of rotatable bonds is 5. The van der Waals surface area contributed by atoms with E-state index in [1.165, 1.54) is 31.3 Å². The lowest BCUT2D eigenvalue weighted by Crippen LogP contribution is -2.28. The molecule has 3 rings (SSSR count). The van der Waals surface area contributed by atoms with Crippen molar-refractivity contribution < 1.29 is 23.0 Å². The molecule has 0 spiro atoms. The molecular weight excluding hydrogens is 380 g/mol. The van der Waals surface area contributed by atoms with Crippen LogP contribution in [0.15, 0.2) is 30.3 Å². The predicted octanol–water partition coefficient (Wildman–Crippen LogP) is 4.66. The summed E-state index contributed by atoms with van der Waals surface area (Å²) in [6.45, 7) is 3.55. The third-order valence-corrected chi connectivity index (χ3v) is 4.56. The van der Waals surface area contributed by atoms with Gasteiger partial charge in [0.2, 0.25) is 5.82 Å². The van der Waals surface area contributed by atoms with Crippen LogP contribution in [0.1, 0.15) is 29.8 Å². The summed E-state index contributed by atoms with van der Waals surface area (Å²) >= 11 is 0. The van der Waals surface area contributed by atoms with Crippen molar-refractivity contribution in [1.29, 1.82) is 5.26 Å². The van der Waals surface area contributed by atoms with E-state index in [9.17, 15) is 13.6 Å². The zero-order valence-corrected chi connectivity index (χ0v) is 16.3. The molecule has 2 aromatic carbocycles. The van der Waals surface area contributed by atoms with E-state index in [0.29, 0.717) is 16.5 Å². The lowest BCUT2D eigenvalue weighted by atomic mass is 10.1. The van der Waals surface area contributed by atoms with E-state index in [1.807, 2.05) is 6.07 Å². The van der Waals surface area contributed by atoms with Crippen molar-refractivity contribution in [3.63, 3.8) is 0 Å². The molecule has 150 valence electrons. The van der Waals surface area contributed by atoms with Crippen molar-refractivity contribution in [3.8, 4) is 11.8 Å². The molecule has 0 unspecified atom stereocenters. The molecule has 0 saturated heterocycles. The van der Waals surface area contributed by atoms with Crippen LogP contribution in [-0.2, 0) is 4.74 Å². The number of nitrogens with zero attached hydrogens (tertiary/aromatic N) is 2. The number of halogens is 2. The number of nitrogens with one attached hydrogen (secondary N) is 1. The summed E-state index contributed by atoms with van der Waals surface area (Å²) in [7, 11) is 2.49. The number of ether oxygens (including phenoxy) is 2. The first kappa shape index (κ1) is 20.1. The van der Waals surface area contributed by atoms with Gasteiger partial charge in [-0.25, -0.2) is 9.18 Å². The number of benzene rings is 2. The number of esters is 1. The molecule has 0 fully saturated rings. The molecule has 29 heavy (non-hydrogen) atoms. The van der Waals surface area contributed by atoms with E-state index in [4.69, 9.17) is 14.7 Å². The molecular formula is C21H19F2N3O3. The first-order valence-electron chi connectivity index (χ1n) is 8.79. The fourth-order valence-corrected chi connectivity index (χ4v) is 3.26. The number of H-pyrrole nitrogens is 1. The van der Waals surface area contributed by atoms with Crippen LogP contribution in [-0.4, -0.2) is 31.2 Å². The van der Waals surface area contributed by atoms with Crippen LogP contribution < -0.4 is 9.64 Å². The van der Waals surface area contributed by atoms with Crippen LogP contribution in [0.5, 0.6) is 5.75 Å². The summed E-state index contributed by atoms with van der Waals surface area (Å²) in [4.78, 5) is 17.1. The molecule has 0 radical (unpaired) electrons. The Balaban J connectivity index is 2.32. The monoisotopic (exact) mass is 399 g/mol. The van der Waals surface area contributed by atoms with E-state index in [1.54, 1.807) is 32.0 Å². The van der Waals surface area contributed by atoms with Crippen molar-refractivity contribution in [3.05, 3.63) is 53.1 Å². The van der Waals surface area contributed by atoms with Gasteiger partial charge < -0.3 is 19.4 Å². The first-order chi connectivity index (χ1) is 13.8. The van der Waals surface area contributed by atoms with Gasteiger partial charge in [0.25, 0.3) is 0 Å². The molecule has 0 aliphatic rings. The molecule has 6 nitrogen and oxygen atoms in total. The predicted molar refractivity (Wildman–Crippen MR) is 105 cm³/mol. The molecule has 1 heterocycles. The molecule has 0 saturated carbocycles. The normalized spacial score (nSPS) is 10.8. The highest BCUT2D eigenvalue weighted by Crippen LogP contribution is 2.38. The van der Waals surface area contributed by atoms with Gasteiger partial charge in [-0.2, -0.15) is 9.65 Å². The molecule has 8 heteroatoms. The van der Waals surface area contributed by atoms with E-state index in [-0.39, 0.29) is 28.9 Å². The number of nitriles is 1. The third-order valence-electron chi connectivity index (χ3n) is 4.56. The summed E-state index contributed by atoms with van der Waals surface area (Å²) in [6.07, 6.45) is 0. The van der Waals surface area contributed by atoms with Gasteiger partial charge in [0.15, 0.2) is 11.6 Å². The number of carbonyl (C=O) groups is 1. The molecule has 0 aliphatic heterocycles. The van der Waals surface area contributed by atoms with Crippen molar-refractivity contribution >= 4 is 28.4 Å². The zero-order chi connectivity index (χ0) is 21.3. The Kier molecular flexibility index (Phi) is 5.41. The van der Waals surface area contributed by atoms with Crippen LogP contribution in [0.2, 0.25) is 0 Å². The number of aromatic amines is 1. The average molecular weight is 399 g/mol. The number of aromatic nitrogens is 1. The second kappa shape index (κ2) is 7.80. The fraction of sp³-hybridized carbons (Fsp3) is 0.238. The highest BCUT2D eigenvalue weighted by molar-refractivity contribution is 6.10. The number of anilines is 2. The van der Waals surface area contributed by atoms with Crippen molar-refractivity contribution in [1.82, 2.24) is 4.98 Å². The topological polar surface area (TPSA) is 78.3 Å². The van der Waals surface area contributed by atoms with Gasteiger partial charge in [-0.3, -0.25) is 0 Å². The van der Waals surface area contributed by atoms with Crippen LogP contribution >= 0.6 is 0 Å². The van der Waals surface area contributed by atoms with Gasteiger partial charge in [0.05, 0.1) is 31.5 Å². The Labute approximate surface area is 166 Å². The smallest absolute Gasteiger partial charge is 0.342 e. The minimum atomic E-state index is -1.13. The maximum absolute atomic E-state index is 14.9. The SMILES string of the molecule is COC(=O)c1c(N(c2ccc(OC)c(F)c2F)C(C)C)[nH]c2cc(C#N)ccc12. The molecule has 0 bridgehead atoms. The third kappa shape index (κ3) is 3.36. The number of methoxy groups -OCH3 is 2. The lowest BCUT2D eigenvalue weighted by Gasteiger charge is -2.29. The largest absolute Gasteiger partial charge is 0.494 e. The summed E-state index contributed by atoms with van der Waals surface area (Å²) < 4.78 is 39.0. The van der Waals surface area contributed by atoms with Crippen LogP contribution in [0.4, 0.5) is 20.3 Å². The van der Waals surface area contributed by atoms with Gasteiger partial charge in [0.1, 0.15) is 11.4 Å². The Hall–Kier alpha value is -3.60. The van der Waals surface area contributed by atoms with Gasteiger partial charge >= 0.3 is 5.97 Å². The standard InChI is InChI=1S/C21H19F2N3O3/c1-11(2)26(15-7-8-16(28-3)19(23)18(15)22)20-17(21(27)29-4)13-6-5-12(10-24)9-14(13)25-20/h5-9,11,25H,1-4H3. The van der Waals surface area contributed by atoms with Crippen molar-refractivity contribution in [2.75, 3.05) is 19.1 Å². The summed E-state index contributed by atoms with van der Waals surface area (Å²) in [6, 6.07) is 9.13. The Morgan fingerprint density at radius 1 is 1.17 bits per heavy atom. The van der Waals surface area contributed by atoms with E-state index < -0.39 is 17.6 Å². The van der Waals surface area contributed by atoms with Crippen LogP contribution in [0, 0.1) is 23.0 Å². The van der Waals surface area contributed by atoms with Crippen molar-refractivity contribution in [2.24, 2.45) is 0 Å². The van der Waals surface area contributed by atoms with Gasteiger partial charge in [0, 0.05) is 16.9 Å². The minimum absolute atomic E-state index is 0.0736. The van der Waals surface area contributed by atoms with Gasteiger partial charge in [-0.15, -0.1) is 0 Å². The minimum Gasteiger partial charge on any atom is -0.494 e. The maximum Gasteiger partial charge on any atom is 0.342 e. The second-order valence-corrected chi connectivity index (χ2v) is 6.59. The lowest BCUT2D eigenvalue weighted by molar-refractivity contribution is 0.0604. The molecule has 1 N–H and O–H groups in total. The van der Waals surface area contributed by atoms with Gasteiger partial charge in [-0.1, -0.05) is 6.07 Å². The van der Waals surface area contributed by atoms with Crippen LogP contribution in [0.3, 0.4) is 0 Å². The number of hydrogen-bond donors (Lipinski definition) is 1. The second-order valence-electron chi connectivity index (χ2n) is 6.59. The number of fused-ring (bicyclic) bond motifs is 1. The Bertz CT molecular complexity index is 1130. The van der Waals surface area contributed by atoms with E-state index >= 15 is 0 Å². The average Bonchev–Trinajstić information content (AvgIpc) is 3.08. The maximum atomic E-state index is 14.9. The first-order valence-corrected chi connectivity index (χ1v) is 8.79. The Morgan fingerprint density at radius 3 is 2.48 bits per heavy atom. The summed E-state index contributed by atoms with van der Waals surface area (Å²) in [5, 5.41) is 9.66. The quantitative estimate of drug-likeness (QED) is 0.632. The Morgan fingerprint density at radius 2 is 1.90 bits per heavy atom. The number of carbonyl (C=O) groups excluding carboxylic acids is 1. The highest BCUT2D eigenvalue weighted by Gasteiger charge is 2.29. The fourth-order valence-electron chi connectivity index (χ4n) is 3.26. The molecule has 0 amide bonds. The highest BCUT2D eigenvalue weighted by atomic mass is 19.2. The zero-order valence-electron chi connectivity index (χ0n) is 16.3.